The molecular formula is C19H21NO4S. The molecule has 132 valence electrons. The Morgan fingerprint density at radius 2 is 1.88 bits per heavy atom. The van der Waals surface area contributed by atoms with Crippen LogP contribution in [0.15, 0.2) is 30.3 Å². The van der Waals surface area contributed by atoms with Crippen LogP contribution in [0.25, 0.3) is 0 Å². The summed E-state index contributed by atoms with van der Waals surface area (Å²) in [7, 11) is 0. The highest BCUT2D eigenvalue weighted by atomic mass is 32.1. The molecule has 1 atom stereocenters. The number of carbonyl (C=O) groups is 2. The fourth-order valence-electron chi connectivity index (χ4n) is 2.66. The predicted octanol–water partition coefficient (Wildman–Crippen LogP) is 3.67. The average molecular weight is 359 g/mol. The van der Waals surface area contributed by atoms with Gasteiger partial charge in [-0.1, -0.05) is 6.07 Å². The van der Waals surface area contributed by atoms with Crippen LogP contribution in [0.5, 0.6) is 11.5 Å². The molecule has 1 unspecified atom stereocenters. The number of Topliss-reactive ketones (excluding diaryl/α,β-unsaturated/α-hetero) is 1. The van der Waals surface area contributed by atoms with Crippen LogP contribution in [-0.4, -0.2) is 24.9 Å². The summed E-state index contributed by atoms with van der Waals surface area (Å²) < 4.78 is 11.1. The summed E-state index contributed by atoms with van der Waals surface area (Å²) in [6.07, 6.45) is 0.407. The number of ether oxygens (including phenoxy) is 2. The molecule has 0 fully saturated rings. The van der Waals surface area contributed by atoms with Gasteiger partial charge in [-0.15, -0.1) is 11.3 Å². The third-order valence-electron chi connectivity index (χ3n) is 4.04. The van der Waals surface area contributed by atoms with Crippen molar-refractivity contribution in [3.8, 4) is 11.5 Å². The molecule has 1 aromatic heterocycles. The molecule has 1 amide bonds. The Hall–Kier alpha value is -2.34. The molecule has 1 N–H and O–H groups in total. The number of carbonyl (C=O) groups excluding carboxylic acids is 2. The summed E-state index contributed by atoms with van der Waals surface area (Å²) in [5.74, 6) is 1.31. The standard InChI is InChI=1S/C19H21NO4S/c1-12-3-7-18(25-12)15(21)5-8-19(22)20-13(2)14-4-6-16-17(11-14)24-10-9-23-16/h3-4,6-7,11,13H,5,8-10H2,1-2H3,(H,20,22). The molecule has 1 aliphatic heterocycles. The van der Waals surface area contributed by atoms with Gasteiger partial charge in [-0.2, -0.15) is 0 Å². The highest BCUT2D eigenvalue weighted by molar-refractivity contribution is 7.14. The van der Waals surface area contributed by atoms with Crippen molar-refractivity contribution in [2.45, 2.75) is 32.7 Å². The minimum atomic E-state index is -0.164. The largest absolute Gasteiger partial charge is 0.486 e. The maximum atomic E-state index is 12.1. The first kappa shape index (κ1) is 17.5. The van der Waals surface area contributed by atoms with Crippen molar-refractivity contribution in [2.24, 2.45) is 0 Å². The molecule has 3 rings (SSSR count). The summed E-state index contributed by atoms with van der Waals surface area (Å²) in [5, 5.41) is 2.93. The second kappa shape index (κ2) is 7.70. The number of benzene rings is 1. The van der Waals surface area contributed by atoms with Crippen LogP contribution >= 0.6 is 11.3 Å². The first-order valence-corrected chi connectivity index (χ1v) is 9.13. The summed E-state index contributed by atoms with van der Waals surface area (Å²) in [6, 6.07) is 9.23. The molecule has 0 aliphatic carbocycles. The van der Waals surface area contributed by atoms with E-state index in [-0.39, 0.29) is 30.6 Å². The Labute approximate surface area is 151 Å². The fourth-order valence-corrected chi connectivity index (χ4v) is 3.50. The van der Waals surface area contributed by atoms with Crippen molar-refractivity contribution >= 4 is 23.0 Å². The van der Waals surface area contributed by atoms with Crippen molar-refractivity contribution in [1.29, 1.82) is 0 Å². The lowest BCUT2D eigenvalue weighted by Crippen LogP contribution is -2.27. The molecule has 0 saturated carbocycles. The summed E-state index contributed by atoms with van der Waals surface area (Å²) >= 11 is 1.46. The van der Waals surface area contributed by atoms with Gasteiger partial charge in [0.25, 0.3) is 0 Å². The third kappa shape index (κ3) is 4.39. The number of rotatable bonds is 6. The molecule has 0 bridgehead atoms. The van der Waals surface area contributed by atoms with Crippen LogP contribution in [-0.2, 0) is 4.79 Å². The lowest BCUT2D eigenvalue weighted by Gasteiger charge is -2.21. The minimum absolute atomic E-state index is 0.0141. The first-order valence-electron chi connectivity index (χ1n) is 8.31. The molecule has 1 aliphatic rings. The molecule has 2 aromatic rings. The van der Waals surface area contributed by atoms with Crippen molar-refractivity contribution < 1.29 is 19.1 Å². The lowest BCUT2D eigenvalue weighted by atomic mass is 10.1. The third-order valence-corrected chi connectivity index (χ3v) is 5.08. The number of amides is 1. The fraction of sp³-hybridized carbons (Fsp3) is 0.368. The second-order valence-corrected chi connectivity index (χ2v) is 7.31. The van der Waals surface area contributed by atoms with Gasteiger partial charge < -0.3 is 14.8 Å². The Morgan fingerprint density at radius 1 is 1.12 bits per heavy atom. The normalized spacial score (nSPS) is 14.0. The molecule has 2 heterocycles. The molecular weight excluding hydrogens is 338 g/mol. The molecule has 1 aromatic carbocycles. The lowest BCUT2D eigenvalue weighted by molar-refractivity contribution is -0.121. The molecule has 6 heteroatoms. The molecule has 5 nitrogen and oxygen atoms in total. The number of hydrogen-bond donors (Lipinski definition) is 1. The van der Waals surface area contributed by atoms with Crippen LogP contribution < -0.4 is 14.8 Å². The van der Waals surface area contributed by atoms with Gasteiger partial charge in [-0.25, -0.2) is 0 Å². The van der Waals surface area contributed by atoms with E-state index < -0.39 is 0 Å². The second-order valence-electron chi connectivity index (χ2n) is 6.03. The molecule has 0 radical (unpaired) electrons. The molecule has 25 heavy (non-hydrogen) atoms. The summed E-state index contributed by atoms with van der Waals surface area (Å²) in [6.45, 7) is 4.95. The van der Waals surface area contributed by atoms with Gasteiger partial charge in [0, 0.05) is 17.7 Å². The molecule has 0 spiro atoms. The van der Waals surface area contributed by atoms with E-state index in [0.717, 1.165) is 16.2 Å². The zero-order valence-corrected chi connectivity index (χ0v) is 15.2. The highest BCUT2D eigenvalue weighted by Gasteiger charge is 2.17. The van der Waals surface area contributed by atoms with E-state index in [0.29, 0.717) is 23.8 Å². The smallest absolute Gasteiger partial charge is 0.220 e. The van der Waals surface area contributed by atoms with E-state index >= 15 is 0 Å². The van der Waals surface area contributed by atoms with Gasteiger partial charge in [-0.05, 0) is 43.7 Å². The SMILES string of the molecule is Cc1ccc(C(=O)CCC(=O)NC(C)c2ccc3c(c2)OCCO3)s1. The van der Waals surface area contributed by atoms with E-state index in [1.807, 2.05) is 44.2 Å². The topological polar surface area (TPSA) is 64.6 Å². The van der Waals surface area contributed by atoms with Gasteiger partial charge in [-0.3, -0.25) is 9.59 Å². The maximum absolute atomic E-state index is 12.1. The van der Waals surface area contributed by atoms with Gasteiger partial charge in [0.15, 0.2) is 17.3 Å². The number of hydrogen-bond acceptors (Lipinski definition) is 5. The van der Waals surface area contributed by atoms with Crippen molar-refractivity contribution in [1.82, 2.24) is 5.32 Å². The van der Waals surface area contributed by atoms with Crippen molar-refractivity contribution in [2.75, 3.05) is 13.2 Å². The number of ketones is 1. The average Bonchev–Trinajstić information content (AvgIpc) is 3.05. The first-order chi connectivity index (χ1) is 12.0. The number of fused-ring (bicyclic) bond motifs is 1. The van der Waals surface area contributed by atoms with Crippen molar-refractivity contribution in [3.05, 3.63) is 45.6 Å². The molecule has 0 saturated heterocycles. The Balaban J connectivity index is 1.53. The monoisotopic (exact) mass is 359 g/mol. The zero-order chi connectivity index (χ0) is 17.8. The van der Waals surface area contributed by atoms with Gasteiger partial charge in [0.2, 0.25) is 5.91 Å². The van der Waals surface area contributed by atoms with Crippen LogP contribution in [0, 0.1) is 6.92 Å². The van der Waals surface area contributed by atoms with E-state index in [9.17, 15) is 9.59 Å². The number of aryl methyl sites for hydroxylation is 1. The quantitative estimate of drug-likeness (QED) is 0.799. The van der Waals surface area contributed by atoms with E-state index in [1.54, 1.807) is 0 Å². The van der Waals surface area contributed by atoms with E-state index in [2.05, 4.69) is 5.32 Å². The van der Waals surface area contributed by atoms with Crippen LogP contribution in [0.2, 0.25) is 0 Å². The van der Waals surface area contributed by atoms with E-state index in [4.69, 9.17) is 9.47 Å². The Morgan fingerprint density at radius 3 is 2.60 bits per heavy atom. The van der Waals surface area contributed by atoms with E-state index in [1.165, 1.54) is 11.3 Å². The van der Waals surface area contributed by atoms with Crippen LogP contribution in [0.4, 0.5) is 0 Å². The minimum Gasteiger partial charge on any atom is -0.486 e. The summed E-state index contributed by atoms with van der Waals surface area (Å²) in [5.41, 5.74) is 0.942. The highest BCUT2D eigenvalue weighted by Crippen LogP contribution is 2.32. The van der Waals surface area contributed by atoms with Gasteiger partial charge >= 0.3 is 0 Å². The predicted molar refractivity (Wildman–Crippen MR) is 96.6 cm³/mol. The van der Waals surface area contributed by atoms with Crippen molar-refractivity contribution in [3.63, 3.8) is 0 Å². The van der Waals surface area contributed by atoms with Crippen LogP contribution in [0.3, 0.4) is 0 Å². The maximum Gasteiger partial charge on any atom is 0.220 e. The summed E-state index contributed by atoms with van der Waals surface area (Å²) in [4.78, 5) is 26.0. The number of nitrogens with one attached hydrogen (secondary N) is 1. The zero-order valence-electron chi connectivity index (χ0n) is 14.3. The van der Waals surface area contributed by atoms with Gasteiger partial charge in [0.1, 0.15) is 13.2 Å². The Bertz CT molecular complexity index is 783. The number of thiophene rings is 1. The van der Waals surface area contributed by atoms with Crippen LogP contribution in [0.1, 0.15) is 45.9 Å². The van der Waals surface area contributed by atoms with Gasteiger partial charge in [0.05, 0.1) is 10.9 Å². The Kier molecular flexibility index (Phi) is 5.38.